The van der Waals surface area contributed by atoms with Crippen molar-refractivity contribution in [2.45, 2.75) is 44.2 Å². The van der Waals surface area contributed by atoms with Crippen LogP contribution in [0.15, 0.2) is 24.3 Å². The number of fused-ring (bicyclic) bond motifs is 2. The van der Waals surface area contributed by atoms with Gasteiger partial charge in [0.25, 0.3) is 0 Å². The van der Waals surface area contributed by atoms with Gasteiger partial charge in [0.1, 0.15) is 18.1 Å². The van der Waals surface area contributed by atoms with Crippen molar-refractivity contribution in [1.29, 1.82) is 0 Å². The van der Waals surface area contributed by atoms with Crippen molar-refractivity contribution in [3.8, 4) is 11.5 Å². The summed E-state index contributed by atoms with van der Waals surface area (Å²) in [5, 5.41) is 0. The third-order valence-corrected chi connectivity index (χ3v) is 5.40. The predicted molar refractivity (Wildman–Crippen MR) is 83.0 cm³/mol. The van der Waals surface area contributed by atoms with Gasteiger partial charge in [-0.05, 0) is 62.3 Å². The van der Waals surface area contributed by atoms with Gasteiger partial charge >= 0.3 is 0 Å². The Labute approximate surface area is 131 Å². The van der Waals surface area contributed by atoms with Crippen LogP contribution in [0.25, 0.3) is 0 Å². The first kappa shape index (κ1) is 13.9. The van der Waals surface area contributed by atoms with Crippen LogP contribution < -0.4 is 9.47 Å². The third-order valence-electron chi connectivity index (χ3n) is 5.40. The second kappa shape index (κ2) is 5.49. The van der Waals surface area contributed by atoms with E-state index in [0.29, 0.717) is 30.4 Å². The number of hydrogen-bond donors (Lipinski definition) is 0. The maximum atomic E-state index is 12.6. The monoisotopic (exact) mass is 301 g/mol. The number of likely N-dealkylation sites (tertiary alicyclic amines) is 1. The van der Waals surface area contributed by atoms with Gasteiger partial charge in [0, 0.05) is 12.0 Å². The fourth-order valence-corrected chi connectivity index (χ4v) is 4.05. The van der Waals surface area contributed by atoms with Crippen molar-refractivity contribution in [3.63, 3.8) is 0 Å². The van der Waals surface area contributed by atoms with Crippen molar-refractivity contribution in [3.05, 3.63) is 24.3 Å². The molecule has 118 valence electrons. The van der Waals surface area contributed by atoms with Crippen LogP contribution in [0.1, 0.15) is 32.1 Å². The molecule has 2 aliphatic carbocycles. The Kier molecular flexibility index (Phi) is 3.47. The SMILES string of the molecule is COc1ccc(OC[C@@H]2C3CCC(C3)N2C(=O)C2CC2)cc1. The highest BCUT2D eigenvalue weighted by Gasteiger charge is 2.50. The van der Waals surface area contributed by atoms with Gasteiger partial charge in [0.2, 0.25) is 5.91 Å². The van der Waals surface area contributed by atoms with E-state index in [0.717, 1.165) is 24.3 Å². The second-order valence-corrected chi connectivity index (χ2v) is 6.80. The van der Waals surface area contributed by atoms with Crippen molar-refractivity contribution in [2.75, 3.05) is 13.7 Å². The molecule has 0 aromatic heterocycles. The summed E-state index contributed by atoms with van der Waals surface area (Å²) in [7, 11) is 1.66. The van der Waals surface area contributed by atoms with Crippen molar-refractivity contribution >= 4 is 5.91 Å². The summed E-state index contributed by atoms with van der Waals surface area (Å²) in [6, 6.07) is 8.42. The molecule has 4 rings (SSSR count). The molecule has 1 aromatic carbocycles. The highest BCUT2D eigenvalue weighted by atomic mass is 16.5. The molecule has 4 heteroatoms. The molecule has 2 bridgehead atoms. The molecular weight excluding hydrogens is 278 g/mol. The molecule has 1 aliphatic heterocycles. The highest BCUT2D eigenvalue weighted by Crippen LogP contribution is 2.45. The van der Waals surface area contributed by atoms with E-state index in [1.54, 1.807) is 7.11 Å². The van der Waals surface area contributed by atoms with E-state index in [4.69, 9.17) is 9.47 Å². The maximum absolute atomic E-state index is 12.6. The molecule has 1 saturated heterocycles. The minimum Gasteiger partial charge on any atom is -0.497 e. The fourth-order valence-electron chi connectivity index (χ4n) is 4.05. The van der Waals surface area contributed by atoms with Gasteiger partial charge in [0.05, 0.1) is 13.2 Å². The number of benzene rings is 1. The van der Waals surface area contributed by atoms with E-state index in [1.165, 1.54) is 19.3 Å². The number of ether oxygens (including phenoxy) is 2. The first-order valence-electron chi connectivity index (χ1n) is 8.35. The number of methoxy groups -OCH3 is 1. The minimum atomic E-state index is 0.272. The van der Waals surface area contributed by atoms with Crippen LogP contribution in [-0.4, -0.2) is 36.6 Å². The minimum absolute atomic E-state index is 0.272. The van der Waals surface area contributed by atoms with Gasteiger partial charge in [-0.15, -0.1) is 0 Å². The Morgan fingerprint density at radius 3 is 2.55 bits per heavy atom. The molecule has 0 spiro atoms. The Balaban J connectivity index is 1.42. The zero-order chi connectivity index (χ0) is 15.1. The lowest BCUT2D eigenvalue weighted by Crippen LogP contribution is -2.48. The van der Waals surface area contributed by atoms with Crippen LogP contribution in [-0.2, 0) is 4.79 Å². The normalized spacial score (nSPS) is 29.7. The van der Waals surface area contributed by atoms with Gasteiger partial charge in [-0.2, -0.15) is 0 Å². The van der Waals surface area contributed by atoms with Crippen molar-refractivity contribution < 1.29 is 14.3 Å². The summed E-state index contributed by atoms with van der Waals surface area (Å²) in [6.45, 7) is 0.617. The zero-order valence-electron chi connectivity index (χ0n) is 13.0. The summed E-state index contributed by atoms with van der Waals surface area (Å²) >= 11 is 0. The number of carbonyl (C=O) groups is 1. The molecule has 4 nitrogen and oxygen atoms in total. The first-order chi connectivity index (χ1) is 10.8. The fraction of sp³-hybridized carbons (Fsp3) is 0.611. The third kappa shape index (κ3) is 2.44. The molecule has 1 aromatic rings. The lowest BCUT2D eigenvalue weighted by atomic mass is 9.99. The Morgan fingerprint density at radius 2 is 1.86 bits per heavy atom. The molecule has 0 radical (unpaired) electrons. The van der Waals surface area contributed by atoms with E-state index in [2.05, 4.69) is 4.90 Å². The van der Waals surface area contributed by atoms with Gasteiger partial charge in [-0.25, -0.2) is 0 Å². The average Bonchev–Trinajstić information content (AvgIpc) is 3.22. The second-order valence-electron chi connectivity index (χ2n) is 6.80. The Hall–Kier alpha value is -1.71. The van der Waals surface area contributed by atoms with Gasteiger partial charge in [-0.3, -0.25) is 4.79 Å². The quantitative estimate of drug-likeness (QED) is 0.839. The van der Waals surface area contributed by atoms with E-state index < -0.39 is 0 Å². The number of carbonyl (C=O) groups excluding carboxylic acids is 1. The van der Waals surface area contributed by atoms with E-state index >= 15 is 0 Å². The van der Waals surface area contributed by atoms with E-state index in [1.807, 2.05) is 24.3 Å². The maximum Gasteiger partial charge on any atom is 0.226 e. The lowest BCUT2D eigenvalue weighted by molar-refractivity contribution is -0.137. The molecule has 1 heterocycles. The number of piperidine rings is 1. The average molecular weight is 301 g/mol. The smallest absolute Gasteiger partial charge is 0.226 e. The van der Waals surface area contributed by atoms with E-state index in [9.17, 15) is 4.79 Å². The van der Waals surface area contributed by atoms with Gasteiger partial charge < -0.3 is 14.4 Å². The standard InChI is InChI=1S/C18H23NO3/c1-21-15-6-8-16(9-7-15)22-11-17-13-4-5-14(10-13)19(17)18(20)12-2-3-12/h6-9,12-14,17H,2-5,10-11H2,1H3/t13?,14?,17-/m1/s1. The van der Waals surface area contributed by atoms with Gasteiger partial charge in [-0.1, -0.05) is 0 Å². The van der Waals surface area contributed by atoms with Crippen LogP contribution in [0.4, 0.5) is 0 Å². The summed E-state index contributed by atoms with van der Waals surface area (Å²) in [5.74, 6) is 3.00. The van der Waals surface area contributed by atoms with Crippen molar-refractivity contribution in [1.82, 2.24) is 4.90 Å². The molecule has 3 atom stereocenters. The summed E-state index contributed by atoms with van der Waals surface area (Å²) in [5.41, 5.74) is 0. The van der Waals surface area contributed by atoms with Crippen LogP contribution in [0.2, 0.25) is 0 Å². The molecule has 22 heavy (non-hydrogen) atoms. The molecular formula is C18H23NO3. The molecule has 3 aliphatic rings. The molecule has 0 N–H and O–H groups in total. The van der Waals surface area contributed by atoms with Crippen LogP contribution in [0.5, 0.6) is 11.5 Å². The van der Waals surface area contributed by atoms with E-state index in [-0.39, 0.29) is 6.04 Å². The Bertz CT molecular complexity index is 552. The number of rotatable bonds is 5. The first-order valence-corrected chi connectivity index (χ1v) is 8.35. The topological polar surface area (TPSA) is 38.8 Å². The molecule has 3 fully saturated rings. The molecule has 2 unspecified atom stereocenters. The lowest BCUT2D eigenvalue weighted by Gasteiger charge is -2.35. The van der Waals surface area contributed by atoms with Gasteiger partial charge in [0.15, 0.2) is 0 Å². The van der Waals surface area contributed by atoms with Crippen molar-refractivity contribution in [2.24, 2.45) is 11.8 Å². The zero-order valence-corrected chi connectivity index (χ0v) is 13.0. The summed E-state index contributed by atoms with van der Waals surface area (Å²) in [4.78, 5) is 14.7. The number of amides is 1. The van der Waals surface area contributed by atoms with Crippen LogP contribution in [0.3, 0.4) is 0 Å². The summed E-state index contributed by atoms with van der Waals surface area (Å²) in [6.07, 6.45) is 5.77. The number of nitrogens with zero attached hydrogens (tertiary/aromatic N) is 1. The van der Waals surface area contributed by atoms with Crippen LogP contribution in [0, 0.1) is 11.8 Å². The summed E-state index contributed by atoms with van der Waals surface area (Å²) < 4.78 is 11.1. The number of hydrogen-bond acceptors (Lipinski definition) is 3. The van der Waals surface area contributed by atoms with Crippen LogP contribution >= 0.6 is 0 Å². The largest absolute Gasteiger partial charge is 0.497 e. The molecule has 2 saturated carbocycles. The Morgan fingerprint density at radius 1 is 1.14 bits per heavy atom. The predicted octanol–water partition coefficient (Wildman–Crippen LogP) is 2.86. The molecule has 1 amide bonds. The highest BCUT2D eigenvalue weighted by molar-refractivity contribution is 5.82.